The average molecular weight is 197 g/mol. The molecule has 0 aromatic carbocycles. The quantitative estimate of drug-likeness (QED) is 0.551. The number of carboxylic acid groups (broad SMARTS) is 1. The first-order valence-corrected chi connectivity index (χ1v) is 3.97. The predicted molar refractivity (Wildman–Crippen MR) is 49.1 cm³/mol. The Bertz CT molecular complexity index is 357. The Labute approximate surface area is 80.8 Å². The van der Waals surface area contributed by atoms with E-state index < -0.39 is 12.6 Å². The first kappa shape index (κ1) is 10.2. The van der Waals surface area contributed by atoms with Gasteiger partial charge in [0.2, 0.25) is 6.61 Å². The zero-order valence-electron chi connectivity index (χ0n) is 7.97. The van der Waals surface area contributed by atoms with Gasteiger partial charge in [0, 0.05) is 18.3 Å². The molecule has 0 unspecified atom stereocenters. The topological polar surface area (TPSA) is 76.7 Å². The number of aromatic nitrogens is 2. The Morgan fingerprint density at radius 1 is 1.86 bits per heavy atom. The van der Waals surface area contributed by atoms with Crippen molar-refractivity contribution in [1.82, 2.24) is 9.78 Å². The molecule has 1 heterocycles. The van der Waals surface area contributed by atoms with Gasteiger partial charge in [-0.15, -0.1) is 0 Å². The largest absolute Gasteiger partial charge is 0.479 e. The third-order valence-electron chi connectivity index (χ3n) is 1.73. The van der Waals surface area contributed by atoms with E-state index in [2.05, 4.69) is 15.1 Å². The lowest BCUT2D eigenvalue weighted by Crippen LogP contribution is -2.03. The molecule has 0 radical (unpaired) electrons. The van der Waals surface area contributed by atoms with Gasteiger partial charge >= 0.3 is 5.97 Å². The molecule has 0 aliphatic carbocycles. The fourth-order valence-electron chi connectivity index (χ4n) is 0.829. The molecular weight excluding hydrogens is 186 g/mol. The van der Waals surface area contributed by atoms with E-state index in [1.165, 1.54) is 6.21 Å². The summed E-state index contributed by atoms with van der Waals surface area (Å²) in [6.45, 7) is 1.45. The molecular formula is C8H11N3O3. The van der Waals surface area contributed by atoms with Crippen LogP contribution >= 0.6 is 0 Å². The smallest absolute Gasteiger partial charge is 0.344 e. The van der Waals surface area contributed by atoms with Crippen LogP contribution in [0.15, 0.2) is 11.4 Å². The molecule has 0 aliphatic rings. The number of aryl methyl sites for hydroxylation is 1. The number of rotatable bonds is 4. The van der Waals surface area contributed by atoms with Crippen molar-refractivity contribution < 1.29 is 14.7 Å². The van der Waals surface area contributed by atoms with Gasteiger partial charge < -0.3 is 9.94 Å². The molecule has 14 heavy (non-hydrogen) atoms. The van der Waals surface area contributed by atoms with Gasteiger partial charge in [0.15, 0.2) is 0 Å². The number of hydrogen-bond donors (Lipinski definition) is 1. The van der Waals surface area contributed by atoms with Gasteiger partial charge in [-0.25, -0.2) is 4.79 Å². The van der Waals surface area contributed by atoms with E-state index in [0.717, 1.165) is 11.3 Å². The maximum Gasteiger partial charge on any atom is 0.344 e. The van der Waals surface area contributed by atoms with Gasteiger partial charge in [-0.1, -0.05) is 5.16 Å². The average Bonchev–Trinajstić information content (AvgIpc) is 2.43. The maximum atomic E-state index is 10.1. The van der Waals surface area contributed by atoms with E-state index in [0.29, 0.717) is 0 Å². The number of oxime groups is 1. The molecule has 0 amide bonds. The highest BCUT2D eigenvalue weighted by Crippen LogP contribution is 2.01. The van der Waals surface area contributed by atoms with E-state index in [1.807, 2.05) is 14.0 Å². The molecule has 0 bridgehead atoms. The van der Waals surface area contributed by atoms with Crippen molar-refractivity contribution in [3.63, 3.8) is 0 Å². The van der Waals surface area contributed by atoms with Gasteiger partial charge in [0.25, 0.3) is 0 Å². The molecule has 1 N–H and O–H groups in total. The zero-order valence-corrected chi connectivity index (χ0v) is 7.97. The summed E-state index contributed by atoms with van der Waals surface area (Å²) >= 11 is 0. The van der Waals surface area contributed by atoms with E-state index in [1.54, 1.807) is 10.9 Å². The highest BCUT2D eigenvalue weighted by Gasteiger charge is 2.00. The molecule has 6 nitrogen and oxygen atoms in total. The van der Waals surface area contributed by atoms with E-state index in [9.17, 15) is 4.79 Å². The number of carbonyl (C=O) groups is 1. The van der Waals surface area contributed by atoms with Crippen molar-refractivity contribution in [1.29, 1.82) is 0 Å². The predicted octanol–water partition coefficient (Wildman–Crippen LogP) is 0.164. The first-order chi connectivity index (χ1) is 6.61. The second kappa shape index (κ2) is 4.40. The van der Waals surface area contributed by atoms with Gasteiger partial charge in [0.05, 0.1) is 12.4 Å². The Morgan fingerprint density at radius 2 is 2.57 bits per heavy atom. The van der Waals surface area contributed by atoms with Crippen molar-refractivity contribution in [2.24, 2.45) is 12.2 Å². The summed E-state index contributed by atoms with van der Waals surface area (Å²) in [6, 6.07) is 0. The molecule has 1 aromatic rings. The van der Waals surface area contributed by atoms with Crippen LogP contribution in [0.4, 0.5) is 0 Å². The van der Waals surface area contributed by atoms with Crippen molar-refractivity contribution in [2.45, 2.75) is 6.92 Å². The second-order valence-electron chi connectivity index (χ2n) is 2.71. The number of aliphatic carboxylic acids is 1. The van der Waals surface area contributed by atoms with Crippen LogP contribution in [0, 0.1) is 6.92 Å². The molecule has 0 fully saturated rings. The monoisotopic (exact) mass is 197 g/mol. The summed E-state index contributed by atoms with van der Waals surface area (Å²) in [5, 5.41) is 15.7. The number of nitrogens with zero attached hydrogens (tertiary/aromatic N) is 3. The van der Waals surface area contributed by atoms with Crippen LogP contribution in [0.3, 0.4) is 0 Å². The maximum absolute atomic E-state index is 10.1. The highest BCUT2D eigenvalue weighted by atomic mass is 16.6. The van der Waals surface area contributed by atoms with Crippen molar-refractivity contribution >= 4 is 12.2 Å². The van der Waals surface area contributed by atoms with Crippen LogP contribution in [-0.4, -0.2) is 33.7 Å². The molecule has 0 aliphatic heterocycles. The minimum absolute atomic E-state index is 0.435. The highest BCUT2D eigenvalue weighted by molar-refractivity contribution is 5.80. The third-order valence-corrected chi connectivity index (χ3v) is 1.73. The van der Waals surface area contributed by atoms with Crippen molar-refractivity contribution in [3.05, 3.63) is 17.5 Å². The molecule has 1 aromatic heterocycles. The van der Waals surface area contributed by atoms with Crippen molar-refractivity contribution in [2.75, 3.05) is 6.61 Å². The number of carboxylic acids is 1. The lowest BCUT2D eigenvalue weighted by Gasteiger charge is -1.94. The molecule has 76 valence electrons. The summed E-state index contributed by atoms with van der Waals surface area (Å²) in [5.41, 5.74) is 1.74. The Morgan fingerprint density at radius 3 is 3.07 bits per heavy atom. The van der Waals surface area contributed by atoms with E-state index in [-0.39, 0.29) is 0 Å². The van der Waals surface area contributed by atoms with Gasteiger partial charge in [-0.3, -0.25) is 4.68 Å². The van der Waals surface area contributed by atoms with Crippen LogP contribution in [-0.2, 0) is 16.7 Å². The summed E-state index contributed by atoms with van der Waals surface area (Å²) in [6.07, 6.45) is 3.06. The molecule has 0 spiro atoms. The standard InChI is InChI=1S/C8H11N3O3/c1-6-7(3-9-11(6)2)4-10-14-5-8(12)13/h3-4H,5H2,1-2H3,(H,12,13). The summed E-state index contributed by atoms with van der Waals surface area (Å²) in [7, 11) is 1.81. The van der Waals surface area contributed by atoms with Crippen LogP contribution in [0.25, 0.3) is 0 Å². The minimum atomic E-state index is -1.05. The Kier molecular flexibility index (Phi) is 3.22. The number of hydrogen-bond acceptors (Lipinski definition) is 4. The summed E-state index contributed by atoms with van der Waals surface area (Å²) in [5.74, 6) is -1.05. The molecule has 1 rings (SSSR count). The lowest BCUT2D eigenvalue weighted by atomic mass is 10.3. The Balaban J connectivity index is 2.52. The summed E-state index contributed by atoms with van der Waals surface area (Å²) in [4.78, 5) is 14.6. The van der Waals surface area contributed by atoms with Gasteiger partial charge in [-0.2, -0.15) is 5.10 Å². The van der Waals surface area contributed by atoms with Crippen molar-refractivity contribution in [3.8, 4) is 0 Å². The Hall–Kier alpha value is -1.85. The second-order valence-corrected chi connectivity index (χ2v) is 2.71. The molecule has 6 heteroatoms. The van der Waals surface area contributed by atoms with E-state index >= 15 is 0 Å². The summed E-state index contributed by atoms with van der Waals surface area (Å²) < 4.78 is 1.69. The zero-order chi connectivity index (χ0) is 10.6. The molecule has 0 atom stereocenters. The molecule has 0 saturated carbocycles. The van der Waals surface area contributed by atoms with Crippen LogP contribution < -0.4 is 0 Å². The third kappa shape index (κ3) is 2.58. The van der Waals surface area contributed by atoms with Crippen LogP contribution in [0.5, 0.6) is 0 Å². The lowest BCUT2D eigenvalue weighted by molar-refractivity contribution is -0.142. The van der Waals surface area contributed by atoms with Crippen LogP contribution in [0.1, 0.15) is 11.3 Å². The first-order valence-electron chi connectivity index (χ1n) is 3.97. The minimum Gasteiger partial charge on any atom is -0.479 e. The van der Waals surface area contributed by atoms with Crippen LogP contribution in [0.2, 0.25) is 0 Å². The fourth-order valence-corrected chi connectivity index (χ4v) is 0.829. The van der Waals surface area contributed by atoms with Gasteiger partial charge in [0.1, 0.15) is 0 Å². The SMILES string of the molecule is Cc1c(C=NOCC(=O)O)cnn1C. The fraction of sp³-hybridized carbons (Fsp3) is 0.375. The normalized spacial score (nSPS) is 10.7. The van der Waals surface area contributed by atoms with E-state index in [4.69, 9.17) is 5.11 Å². The van der Waals surface area contributed by atoms with Gasteiger partial charge in [-0.05, 0) is 6.92 Å². The molecule has 0 saturated heterocycles.